The average Bonchev–Trinajstić information content (AvgIpc) is 2.83. The highest BCUT2D eigenvalue weighted by atomic mass is 16.6. The van der Waals surface area contributed by atoms with Crippen LogP contribution in [0.25, 0.3) is 0 Å². The second kappa shape index (κ2) is 8.70. The second-order valence-electron chi connectivity index (χ2n) is 7.02. The maximum Gasteiger partial charge on any atom is 0.314 e. The fraction of sp³-hybridized carbons (Fsp3) is 0.706. The van der Waals surface area contributed by atoms with Crippen LogP contribution in [0.2, 0.25) is 0 Å². The van der Waals surface area contributed by atoms with Crippen molar-refractivity contribution >= 4 is 11.9 Å². The number of nitrogens with zero attached hydrogens (tertiary/aromatic N) is 1. The predicted molar refractivity (Wildman–Crippen MR) is 86.9 cm³/mol. The molecule has 1 N–H and O–H groups in total. The molecule has 1 aromatic heterocycles. The zero-order valence-electron chi connectivity index (χ0n) is 15.0. The highest BCUT2D eigenvalue weighted by Gasteiger charge is 2.28. The standard InChI is InChI=1S/C17H27NO6/c1-11(2)15(16(20)21)12-10-13(18-24-12)22-9-7-6-8-14(19)23-17(3,4)5/h10-11,15H,6-9H2,1-5H3,(H,20,21). The number of unbranched alkanes of at least 4 members (excludes halogenated alkanes) is 1. The van der Waals surface area contributed by atoms with E-state index in [2.05, 4.69) is 5.16 Å². The molecule has 0 aliphatic heterocycles. The molecule has 7 nitrogen and oxygen atoms in total. The van der Waals surface area contributed by atoms with Crippen LogP contribution in [0.5, 0.6) is 5.88 Å². The molecule has 24 heavy (non-hydrogen) atoms. The summed E-state index contributed by atoms with van der Waals surface area (Å²) >= 11 is 0. The first-order valence-corrected chi connectivity index (χ1v) is 8.14. The zero-order chi connectivity index (χ0) is 18.3. The smallest absolute Gasteiger partial charge is 0.314 e. The van der Waals surface area contributed by atoms with Gasteiger partial charge in [-0.25, -0.2) is 0 Å². The van der Waals surface area contributed by atoms with Crippen molar-refractivity contribution in [2.45, 2.75) is 65.4 Å². The van der Waals surface area contributed by atoms with E-state index < -0.39 is 17.5 Å². The van der Waals surface area contributed by atoms with E-state index in [0.717, 1.165) is 0 Å². The number of carbonyl (C=O) groups excluding carboxylic acids is 1. The Bertz CT molecular complexity index is 544. The Kier molecular flexibility index (Phi) is 7.25. The fourth-order valence-corrected chi connectivity index (χ4v) is 2.16. The molecule has 0 fully saturated rings. The summed E-state index contributed by atoms with van der Waals surface area (Å²) in [6, 6.07) is 1.51. The molecule has 1 unspecified atom stereocenters. The molecule has 1 heterocycles. The lowest BCUT2D eigenvalue weighted by Gasteiger charge is -2.19. The van der Waals surface area contributed by atoms with Crippen LogP contribution in [-0.2, 0) is 14.3 Å². The highest BCUT2D eigenvalue weighted by Crippen LogP contribution is 2.27. The number of carboxylic acid groups (broad SMARTS) is 1. The summed E-state index contributed by atoms with van der Waals surface area (Å²) < 4.78 is 15.7. The third-order valence-electron chi connectivity index (χ3n) is 3.19. The van der Waals surface area contributed by atoms with Crippen molar-refractivity contribution in [1.82, 2.24) is 5.16 Å². The lowest BCUT2D eigenvalue weighted by molar-refractivity contribution is -0.155. The zero-order valence-corrected chi connectivity index (χ0v) is 15.0. The summed E-state index contributed by atoms with van der Waals surface area (Å²) in [5.74, 6) is -1.51. The van der Waals surface area contributed by atoms with Crippen LogP contribution in [0.4, 0.5) is 0 Å². The van der Waals surface area contributed by atoms with Crippen LogP contribution in [-0.4, -0.2) is 34.4 Å². The Hall–Kier alpha value is -2.05. The Labute approximate surface area is 142 Å². The van der Waals surface area contributed by atoms with Crippen molar-refractivity contribution in [3.8, 4) is 5.88 Å². The summed E-state index contributed by atoms with van der Waals surface area (Å²) in [6.07, 6.45) is 1.64. The average molecular weight is 341 g/mol. The monoisotopic (exact) mass is 341 g/mol. The van der Waals surface area contributed by atoms with Gasteiger partial charge < -0.3 is 19.1 Å². The molecule has 0 aromatic carbocycles. The lowest BCUT2D eigenvalue weighted by atomic mass is 9.94. The number of hydrogen-bond donors (Lipinski definition) is 1. The van der Waals surface area contributed by atoms with Crippen LogP contribution in [0.3, 0.4) is 0 Å². The summed E-state index contributed by atoms with van der Waals surface area (Å²) in [4.78, 5) is 22.8. The number of rotatable bonds is 9. The predicted octanol–water partition coefficient (Wildman–Crippen LogP) is 3.39. The molecule has 7 heteroatoms. The second-order valence-corrected chi connectivity index (χ2v) is 7.02. The number of esters is 1. The molecular formula is C17H27NO6. The van der Waals surface area contributed by atoms with Crippen LogP contribution in [0.1, 0.15) is 65.6 Å². The number of carboxylic acids is 1. The molecule has 0 amide bonds. The first kappa shape index (κ1) is 20.0. The molecule has 0 aliphatic rings. The van der Waals surface area contributed by atoms with Gasteiger partial charge in [-0.2, -0.15) is 0 Å². The van der Waals surface area contributed by atoms with E-state index in [0.29, 0.717) is 25.9 Å². The van der Waals surface area contributed by atoms with E-state index in [1.54, 1.807) is 13.8 Å². The van der Waals surface area contributed by atoms with Gasteiger partial charge in [0.15, 0.2) is 5.76 Å². The first-order chi connectivity index (χ1) is 11.1. The van der Waals surface area contributed by atoms with Gasteiger partial charge in [0.05, 0.1) is 6.61 Å². The Morgan fingerprint density at radius 1 is 1.29 bits per heavy atom. The highest BCUT2D eigenvalue weighted by molar-refractivity contribution is 5.75. The summed E-state index contributed by atoms with van der Waals surface area (Å²) in [6.45, 7) is 9.47. The van der Waals surface area contributed by atoms with Gasteiger partial charge in [-0.05, 0) is 44.7 Å². The molecular weight excluding hydrogens is 314 g/mol. The normalized spacial score (nSPS) is 12.9. The summed E-state index contributed by atoms with van der Waals surface area (Å²) in [7, 11) is 0. The minimum Gasteiger partial charge on any atom is -0.481 e. The van der Waals surface area contributed by atoms with Crippen molar-refractivity contribution in [1.29, 1.82) is 0 Å². The van der Waals surface area contributed by atoms with Gasteiger partial charge in [-0.15, -0.1) is 0 Å². The van der Waals surface area contributed by atoms with Crippen molar-refractivity contribution < 1.29 is 28.7 Å². The molecule has 1 atom stereocenters. The minimum absolute atomic E-state index is 0.114. The number of carbonyl (C=O) groups is 2. The van der Waals surface area contributed by atoms with Crippen LogP contribution in [0.15, 0.2) is 10.6 Å². The van der Waals surface area contributed by atoms with Crippen LogP contribution < -0.4 is 4.74 Å². The SMILES string of the molecule is CC(C)C(C(=O)O)c1cc(OCCCCC(=O)OC(C)(C)C)no1. The number of aromatic nitrogens is 1. The van der Waals surface area contributed by atoms with Gasteiger partial charge in [-0.3, -0.25) is 9.59 Å². The van der Waals surface area contributed by atoms with Crippen molar-refractivity contribution in [2.75, 3.05) is 6.61 Å². The molecule has 1 aromatic rings. The van der Waals surface area contributed by atoms with Crippen molar-refractivity contribution in [3.05, 3.63) is 11.8 Å². The minimum atomic E-state index is -0.954. The van der Waals surface area contributed by atoms with Gasteiger partial charge in [0.2, 0.25) is 0 Å². The number of aliphatic carboxylic acids is 1. The van der Waals surface area contributed by atoms with Crippen molar-refractivity contribution in [3.63, 3.8) is 0 Å². The Morgan fingerprint density at radius 3 is 2.50 bits per heavy atom. The van der Waals surface area contributed by atoms with E-state index in [-0.39, 0.29) is 23.5 Å². The van der Waals surface area contributed by atoms with Gasteiger partial charge in [-0.1, -0.05) is 13.8 Å². The van der Waals surface area contributed by atoms with Gasteiger partial charge in [0.25, 0.3) is 5.88 Å². The maximum absolute atomic E-state index is 11.6. The maximum atomic E-state index is 11.6. The van der Waals surface area contributed by atoms with Crippen molar-refractivity contribution in [2.24, 2.45) is 5.92 Å². The number of ether oxygens (including phenoxy) is 2. The third kappa shape index (κ3) is 7.02. The molecule has 0 radical (unpaired) electrons. The largest absolute Gasteiger partial charge is 0.481 e. The summed E-state index contributed by atoms with van der Waals surface area (Å²) in [5.41, 5.74) is -0.470. The number of hydrogen-bond acceptors (Lipinski definition) is 6. The van der Waals surface area contributed by atoms with E-state index >= 15 is 0 Å². The molecule has 0 spiro atoms. The molecule has 136 valence electrons. The molecule has 0 saturated heterocycles. The lowest BCUT2D eigenvalue weighted by Crippen LogP contribution is -2.23. The van der Waals surface area contributed by atoms with Gasteiger partial charge in [0.1, 0.15) is 11.5 Å². The van der Waals surface area contributed by atoms with Crippen LogP contribution in [0, 0.1) is 5.92 Å². The molecule has 1 rings (SSSR count). The molecule has 0 saturated carbocycles. The van der Waals surface area contributed by atoms with Gasteiger partial charge >= 0.3 is 11.9 Å². The first-order valence-electron chi connectivity index (χ1n) is 8.14. The van der Waals surface area contributed by atoms with E-state index in [1.807, 2.05) is 20.8 Å². The summed E-state index contributed by atoms with van der Waals surface area (Å²) in [5, 5.41) is 12.9. The third-order valence-corrected chi connectivity index (χ3v) is 3.19. The Balaban J connectivity index is 2.34. The van der Waals surface area contributed by atoms with E-state index in [4.69, 9.17) is 14.0 Å². The topological polar surface area (TPSA) is 98.9 Å². The fourth-order valence-electron chi connectivity index (χ4n) is 2.16. The van der Waals surface area contributed by atoms with Crippen LogP contribution >= 0.6 is 0 Å². The quantitative estimate of drug-likeness (QED) is 0.543. The van der Waals surface area contributed by atoms with E-state index in [9.17, 15) is 14.7 Å². The molecule has 0 aliphatic carbocycles. The molecule has 0 bridgehead atoms. The van der Waals surface area contributed by atoms with Gasteiger partial charge in [0, 0.05) is 12.5 Å². The Morgan fingerprint density at radius 2 is 1.96 bits per heavy atom. The van der Waals surface area contributed by atoms with E-state index in [1.165, 1.54) is 6.07 Å².